The highest BCUT2D eigenvalue weighted by molar-refractivity contribution is 5.88. The Morgan fingerprint density at radius 2 is 2.35 bits per heavy atom. The summed E-state index contributed by atoms with van der Waals surface area (Å²) in [7, 11) is 0. The van der Waals surface area contributed by atoms with Gasteiger partial charge in [-0.2, -0.15) is 0 Å². The van der Waals surface area contributed by atoms with Crippen LogP contribution in [0.15, 0.2) is 34.4 Å². The summed E-state index contributed by atoms with van der Waals surface area (Å²) in [5.41, 5.74) is 0.737. The average molecular weight is 233 g/mol. The third kappa shape index (κ3) is 2.75. The normalized spacial score (nSPS) is 16.6. The number of aliphatic imine (C=N–C) groups is 1. The summed E-state index contributed by atoms with van der Waals surface area (Å²) in [6.07, 6.45) is 1.22. The zero-order valence-corrected chi connectivity index (χ0v) is 9.63. The van der Waals surface area contributed by atoms with E-state index in [9.17, 15) is 0 Å². The summed E-state index contributed by atoms with van der Waals surface area (Å²) >= 11 is 0. The van der Waals surface area contributed by atoms with Crippen LogP contribution in [0.2, 0.25) is 0 Å². The van der Waals surface area contributed by atoms with E-state index in [1.807, 2.05) is 31.2 Å². The van der Waals surface area contributed by atoms with Crippen molar-refractivity contribution in [1.29, 1.82) is 0 Å². The Hall–Kier alpha value is -2.04. The number of nitrogens with zero attached hydrogens (tertiary/aromatic N) is 2. The van der Waals surface area contributed by atoms with Crippen molar-refractivity contribution in [3.63, 3.8) is 0 Å². The Labute approximate surface area is 99.8 Å². The van der Waals surface area contributed by atoms with Crippen LogP contribution in [0.25, 0.3) is 0 Å². The van der Waals surface area contributed by atoms with Gasteiger partial charge in [-0.15, -0.1) is 0 Å². The van der Waals surface area contributed by atoms with Crippen molar-refractivity contribution in [2.45, 2.75) is 13.0 Å². The number of benzene rings is 1. The highest BCUT2D eigenvalue weighted by Gasteiger charge is 2.16. The van der Waals surface area contributed by atoms with Gasteiger partial charge in [0.2, 0.25) is 0 Å². The summed E-state index contributed by atoms with van der Waals surface area (Å²) in [6, 6.07) is 7.40. The van der Waals surface area contributed by atoms with E-state index in [0.29, 0.717) is 5.75 Å². The van der Waals surface area contributed by atoms with E-state index in [2.05, 4.69) is 15.5 Å². The van der Waals surface area contributed by atoms with Gasteiger partial charge in [-0.05, 0) is 19.1 Å². The van der Waals surface area contributed by atoms with Crippen molar-refractivity contribution < 1.29 is 9.94 Å². The molecule has 5 heteroatoms. The van der Waals surface area contributed by atoms with Gasteiger partial charge in [0, 0.05) is 12.1 Å². The van der Waals surface area contributed by atoms with Crippen molar-refractivity contribution in [1.82, 2.24) is 5.32 Å². The zero-order valence-electron chi connectivity index (χ0n) is 9.63. The number of hydrogen-bond donors (Lipinski definition) is 2. The number of ether oxygens (including phenoxy) is 1. The molecule has 0 fully saturated rings. The van der Waals surface area contributed by atoms with Crippen LogP contribution in [0, 0.1) is 0 Å². The first-order valence-corrected chi connectivity index (χ1v) is 5.52. The molecule has 0 aromatic heterocycles. The van der Waals surface area contributed by atoms with Crippen LogP contribution in [0.3, 0.4) is 0 Å². The van der Waals surface area contributed by atoms with Crippen molar-refractivity contribution in [2.75, 3.05) is 13.1 Å². The molecule has 0 spiro atoms. The third-order valence-corrected chi connectivity index (χ3v) is 2.50. The number of nitrogens with one attached hydrogen (secondary N) is 1. The van der Waals surface area contributed by atoms with Gasteiger partial charge in [0.05, 0.1) is 12.8 Å². The molecule has 2 rings (SSSR count). The fourth-order valence-corrected chi connectivity index (χ4v) is 1.69. The van der Waals surface area contributed by atoms with E-state index >= 15 is 0 Å². The van der Waals surface area contributed by atoms with E-state index in [0.717, 1.165) is 24.5 Å². The molecule has 1 aliphatic rings. The SMILES string of the molecule is C[C@@H](Oc1ccccc1/C=N/O)C1=NCCN1. The fourth-order valence-electron chi connectivity index (χ4n) is 1.69. The van der Waals surface area contributed by atoms with Crippen LogP contribution in [0.1, 0.15) is 12.5 Å². The third-order valence-electron chi connectivity index (χ3n) is 2.50. The molecular weight excluding hydrogens is 218 g/mol. The minimum atomic E-state index is -0.134. The monoisotopic (exact) mass is 233 g/mol. The summed E-state index contributed by atoms with van der Waals surface area (Å²) < 4.78 is 5.79. The van der Waals surface area contributed by atoms with E-state index < -0.39 is 0 Å². The van der Waals surface area contributed by atoms with Gasteiger partial charge in [-0.25, -0.2) is 0 Å². The van der Waals surface area contributed by atoms with Crippen LogP contribution < -0.4 is 10.1 Å². The van der Waals surface area contributed by atoms with Crippen molar-refractivity contribution in [2.24, 2.45) is 10.1 Å². The van der Waals surface area contributed by atoms with Gasteiger partial charge in [0.15, 0.2) is 6.10 Å². The Bertz CT molecular complexity index is 443. The maximum absolute atomic E-state index is 8.57. The molecule has 0 radical (unpaired) electrons. The maximum atomic E-state index is 8.57. The summed E-state index contributed by atoms with van der Waals surface area (Å²) in [6.45, 7) is 3.59. The minimum absolute atomic E-state index is 0.134. The van der Waals surface area contributed by atoms with Crippen LogP contribution in [0.4, 0.5) is 0 Å². The number of hydrogen-bond acceptors (Lipinski definition) is 5. The lowest BCUT2D eigenvalue weighted by molar-refractivity contribution is 0.283. The van der Waals surface area contributed by atoms with Crippen LogP contribution in [-0.4, -0.2) is 36.5 Å². The first-order valence-electron chi connectivity index (χ1n) is 5.52. The Morgan fingerprint density at radius 3 is 3.06 bits per heavy atom. The molecule has 2 N–H and O–H groups in total. The van der Waals surface area contributed by atoms with Crippen molar-refractivity contribution in [3.8, 4) is 5.75 Å². The molecule has 1 atom stereocenters. The fraction of sp³-hybridized carbons (Fsp3) is 0.333. The molecule has 0 amide bonds. The van der Waals surface area contributed by atoms with Gasteiger partial charge < -0.3 is 15.3 Å². The number of rotatable bonds is 4. The molecule has 5 nitrogen and oxygen atoms in total. The zero-order chi connectivity index (χ0) is 12.1. The lowest BCUT2D eigenvalue weighted by atomic mass is 10.2. The highest BCUT2D eigenvalue weighted by Crippen LogP contribution is 2.18. The summed E-state index contributed by atoms with van der Waals surface area (Å²) in [4.78, 5) is 4.30. The smallest absolute Gasteiger partial charge is 0.152 e. The number of oxime groups is 1. The number of para-hydroxylation sites is 1. The number of amidine groups is 1. The standard InChI is InChI=1S/C12H15N3O2/c1-9(12-13-6-7-14-12)17-11-5-3-2-4-10(11)8-15-16/h2-5,8-9,16H,6-7H2,1H3,(H,13,14)/b15-8+/t9-/m1/s1. The molecule has 1 aromatic rings. The lowest BCUT2D eigenvalue weighted by Gasteiger charge is -2.16. The first kappa shape index (κ1) is 11.4. The second-order valence-electron chi connectivity index (χ2n) is 3.74. The van der Waals surface area contributed by atoms with E-state index in [1.165, 1.54) is 6.21 Å². The van der Waals surface area contributed by atoms with Crippen molar-refractivity contribution in [3.05, 3.63) is 29.8 Å². The molecule has 0 saturated heterocycles. The highest BCUT2D eigenvalue weighted by atomic mass is 16.5. The molecule has 17 heavy (non-hydrogen) atoms. The van der Waals surface area contributed by atoms with Gasteiger partial charge in [-0.1, -0.05) is 17.3 Å². The predicted octanol–water partition coefficient (Wildman–Crippen LogP) is 1.26. The van der Waals surface area contributed by atoms with Gasteiger partial charge >= 0.3 is 0 Å². The maximum Gasteiger partial charge on any atom is 0.152 e. The molecule has 0 aliphatic carbocycles. The molecule has 0 unspecified atom stereocenters. The van der Waals surface area contributed by atoms with Crippen LogP contribution in [-0.2, 0) is 0 Å². The quantitative estimate of drug-likeness (QED) is 0.467. The first-order chi connectivity index (χ1) is 8.31. The molecule has 1 heterocycles. The van der Waals surface area contributed by atoms with Gasteiger partial charge in [0.25, 0.3) is 0 Å². The van der Waals surface area contributed by atoms with Crippen LogP contribution >= 0.6 is 0 Å². The minimum Gasteiger partial charge on any atom is -0.482 e. The summed E-state index contributed by atoms with van der Waals surface area (Å²) in [5, 5.41) is 14.8. The Morgan fingerprint density at radius 1 is 1.53 bits per heavy atom. The lowest BCUT2D eigenvalue weighted by Crippen LogP contribution is -2.33. The topological polar surface area (TPSA) is 66.2 Å². The Balaban J connectivity index is 2.12. The molecule has 0 saturated carbocycles. The van der Waals surface area contributed by atoms with Gasteiger partial charge in [0.1, 0.15) is 11.6 Å². The molecule has 90 valence electrons. The predicted molar refractivity (Wildman–Crippen MR) is 66.2 cm³/mol. The van der Waals surface area contributed by atoms with Gasteiger partial charge in [-0.3, -0.25) is 4.99 Å². The average Bonchev–Trinajstić information content (AvgIpc) is 2.85. The van der Waals surface area contributed by atoms with E-state index in [4.69, 9.17) is 9.94 Å². The second kappa shape index (κ2) is 5.34. The molecular formula is C12H15N3O2. The molecule has 1 aromatic carbocycles. The second-order valence-corrected chi connectivity index (χ2v) is 3.74. The summed E-state index contributed by atoms with van der Waals surface area (Å²) in [5.74, 6) is 1.54. The van der Waals surface area contributed by atoms with Crippen LogP contribution in [0.5, 0.6) is 5.75 Å². The van der Waals surface area contributed by atoms with E-state index in [1.54, 1.807) is 0 Å². The molecule has 0 bridgehead atoms. The van der Waals surface area contributed by atoms with E-state index in [-0.39, 0.29) is 6.10 Å². The molecule has 1 aliphatic heterocycles. The Kier molecular flexibility index (Phi) is 3.59. The van der Waals surface area contributed by atoms with Crippen molar-refractivity contribution >= 4 is 12.1 Å². The largest absolute Gasteiger partial charge is 0.482 e.